The normalized spacial score (nSPS) is 10.8. The summed E-state index contributed by atoms with van der Waals surface area (Å²) >= 11 is 4.30. The molecule has 0 saturated heterocycles. The van der Waals surface area contributed by atoms with Crippen molar-refractivity contribution in [3.05, 3.63) is 60.2 Å². The number of benzene rings is 2. The number of nitrogens with zero attached hydrogens (tertiary/aromatic N) is 1. The zero-order chi connectivity index (χ0) is 20.7. The zero-order valence-electron chi connectivity index (χ0n) is 15.1. The molecule has 0 fully saturated rings. The molecule has 2 aromatic carbocycles. The number of amides is 1. The van der Waals surface area contributed by atoms with Crippen LogP contribution in [0.2, 0.25) is 0 Å². The van der Waals surface area contributed by atoms with Crippen LogP contribution in [0, 0.1) is 18.5 Å². The monoisotopic (exact) mass is 602 g/mol. The van der Waals surface area contributed by atoms with Crippen molar-refractivity contribution in [2.24, 2.45) is 0 Å². The van der Waals surface area contributed by atoms with Crippen molar-refractivity contribution >= 4 is 68.8 Å². The van der Waals surface area contributed by atoms with Gasteiger partial charge in [-0.1, -0.05) is 12.1 Å². The zero-order valence-corrected chi connectivity index (χ0v) is 19.4. The molecule has 0 saturated carbocycles. The second-order valence-corrected chi connectivity index (χ2v) is 7.73. The van der Waals surface area contributed by atoms with Crippen LogP contribution in [0.25, 0.3) is 6.08 Å². The average molecular weight is 602 g/mol. The van der Waals surface area contributed by atoms with Crippen molar-refractivity contribution < 1.29 is 19.1 Å². The Balaban J connectivity index is 2.33. The number of nitriles is 1. The van der Waals surface area contributed by atoms with Crippen molar-refractivity contribution in [2.75, 3.05) is 19.0 Å². The summed E-state index contributed by atoms with van der Waals surface area (Å²) < 4.78 is 12.1. The highest BCUT2D eigenvalue weighted by Gasteiger charge is 2.16. The number of rotatable bonds is 6. The largest absolute Gasteiger partial charge is 0.492 e. The highest BCUT2D eigenvalue weighted by atomic mass is 127. The van der Waals surface area contributed by atoms with Gasteiger partial charge < -0.3 is 14.8 Å². The van der Waals surface area contributed by atoms with E-state index in [1.807, 2.05) is 25.1 Å². The number of anilines is 1. The standard InChI is InChI=1S/C20H16I2N2O4/c1-3-28-18-15(21)9-12(10-16(18)22)8-13(11-23)19(25)24-17-7-5-4-6-14(17)20(26)27-2/h4-10H,3H2,1-2H3,(H,24,25)/b13-8+. The van der Waals surface area contributed by atoms with Crippen LogP contribution in [0.4, 0.5) is 5.69 Å². The predicted molar refractivity (Wildman–Crippen MR) is 123 cm³/mol. The number of carbonyl (C=O) groups excluding carboxylic acids is 2. The van der Waals surface area contributed by atoms with Crippen LogP contribution in [-0.4, -0.2) is 25.6 Å². The second kappa shape index (κ2) is 10.4. The van der Waals surface area contributed by atoms with E-state index < -0.39 is 11.9 Å². The van der Waals surface area contributed by atoms with Crippen LogP contribution in [0.3, 0.4) is 0 Å². The Morgan fingerprint density at radius 2 is 1.86 bits per heavy atom. The van der Waals surface area contributed by atoms with Crippen LogP contribution in [0.15, 0.2) is 42.0 Å². The summed E-state index contributed by atoms with van der Waals surface area (Å²) in [6.07, 6.45) is 1.50. The van der Waals surface area contributed by atoms with Crippen molar-refractivity contribution in [2.45, 2.75) is 6.92 Å². The van der Waals surface area contributed by atoms with Gasteiger partial charge in [0, 0.05) is 0 Å². The molecule has 0 spiro atoms. The summed E-state index contributed by atoms with van der Waals surface area (Å²) in [7, 11) is 1.26. The fourth-order valence-corrected chi connectivity index (χ4v) is 4.46. The lowest BCUT2D eigenvalue weighted by molar-refractivity contribution is -0.112. The maximum absolute atomic E-state index is 12.6. The van der Waals surface area contributed by atoms with Crippen LogP contribution in [0.1, 0.15) is 22.8 Å². The first-order chi connectivity index (χ1) is 13.4. The second-order valence-electron chi connectivity index (χ2n) is 5.41. The number of hydrogen-bond donors (Lipinski definition) is 1. The third kappa shape index (κ3) is 5.45. The van der Waals surface area contributed by atoms with Crippen molar-refractivity contribution in [3.63, 3.8) is 0 Å². The van der Waals surface area contributed by atoms with Gasteiger partial charge in [0.1, 0.15) is 17.4 Å². The number of ether oxygens (including phenoxy) is 2. The quantitative estimate of drug-likeness (QED) is 0.226. The Hall–Kier alpha value is -2.13. The van der Waals surface area contributed by atoms with E-state index in [-0.39, 0.29) is 16.8 Å². The van der Waals surface area contributed by atoms with Gasteiger partial charge in [-0.25, -0.2) is 4.79 Å². The fraction of sp³-hybridized carbons (Fsp3) is 0.150. The van der Waals surface area contributed by atoms with E-state index in [9.17, 15) is 14.9 Å². The number of esters is 1. The van der Waals surface area contributed by atoms with Crippen LogP contribution >= 0.6 is 45.2 Å². The van der Waals surface area contributed by atoms with E-state index in [2.05, 4.69) is 50.5 Å². The van der Waals surface area contributed by atoms with Gasteiger partial charge >= 0.3 is 5.97 Å². The van der Waals surface area contributed by atoms with Crippen LogP contribution in [-0.2, 0) is 9.53 Å². The molecule has 0 aromatic heterocycles. The molecule has 0 radical (unpaired) electrons. The van der Waals surface area contributed by atoms with Gasteiger partial charge in [-0.3, -0.25) is 4.79 Å². The molecule has 1 amide bonds. The lowest BCUT2D eigenvalue weighted by Gasteiger charge is -2.10. The Kier molecular flexibility index (Phi) is 8.25. The van der Waals surface area contributed by atoms with E-state index >= 15 is 0 Å². The molecule has 8 heteroatoms. The molecule has 0 aliphatic carbocycles. The Labute approximate surface area is 190 Å². The number of methoxy groups -OCH3 is 1. The SMILES string of the molecule is CCOc1c(I)cc(/C=C(\C#N)C(=O)Nc2ccccc2C(=O)OC)cc1I. The summed E-state index contributed by atoms with van der Waals surface area (Å²) in [4.78, 5) is 24.4. The first kappa shape index (κ1) is 22.2. The summed E-state index contributed by atoms with van der Waals surface area (Å²) in [5.41, 5.74) is 1.10. The minimum atomic E-state index is -0.613. The summed E-state index contributed by atoms with van der Waals surface area (Å²) in [6, 6.07) is 12.0. The lowest BCUT2D eigenvalue weighted by atomic mass is 10.1. The van der Waals surface area contributed by atoms with Gasteiger partial charge in [-0.15, -0.1) is 0 Å². The third-order valence-corrected chi connectivity index (χ3v) is 5.17. The molecule has 1 N–H and O–H groups in total. The molecule has 0 unspecified atom stereocenters. The molecule has 0 bridgehead atoms. The van der Waals surface area contributed by atoms with E-state index in [4.69, 9.17) is 9.47 Å². The Bertz CT molecular complexity index is 957. The highest BCUT2D eigenvalue weighted by Crippen LogP contribution is 2.30. The topological polar surface area (TPSA) is 88.4 Å². The van der Waals surface area contributed by atoms with Crippen molar-refractivity contribution in [1.29, 1.82) is 5.26 Å². The molecule has 28 heavy (non-hydrogen) atoms. The average Bonchev–Trinajstić information content (AvgIpc) is 2.68. The van der Waals surface area contributed by atoms with Crippen LogP contribution in [0.5, 0.6) is 5.75 Å². The Morgan fingerprint density at radius 1 is 1.21 bits per heavy atom. The van der Waals surface area contributed by atoms with Crippen LogP contribution < -0.4 is 10.1 Å². The van der Waals surface area contributed by atoms with Gasteiger partial charge in [0.15, 0.2) is 0 Å². The van der Waals surface area contributed by atoms with Gasteiger partial charge in [0.05, 0.1) is 32.1 Å². The van der Waals surface area contributed by atoms with Gasteiger partial charge in [-0.05, 0) is 88.0 Å². The molecule has 2 aromatic rings. The molecule has 2 rings (SSSR count). The number of carbonyl (C=O) groups is 2. The predicted octanol–water partition coefficient (Wildman–Crippen LogP) is 4.63. The lowest BCUT2D eigenvalue weighted by Crippen LogP contribution is -2.16. The maximum Gasteiger partial charge on any atom is 0.339 e. The fourth-order valence-electron chi connectivity index (χ4n) is 2.33. The number of halogens is 2. The molecule has 0 aliphatic rings. The molecule has 6 nitrogen and oxygen atoms in total. The minimum Gasteiger partial charge on any atom is -0.492 e. The summed E-state index contributed by atoms with van der Waals surface area (Å²) in [5.74, 6) is -0.414. The van der Waals surface area contributed by atoms with Crippen molar-refractivity contribution in [1.82, 2.24) is 0 Å². The van der Waals surface area contributed by atoms with E-state index in [0.29, 0.717) is 12.2 Å². The molecule has 0 aliphatic heterocycles. The van der Waals surface area contributed by atoms with Crippen molar-refractivity contribution in [3.8, 4) is 11.8 Å². The van der Waals surface area contributed by atoms with E-state index in [1.54, 1.807) is 18.2 Å². The molecular weight excluding hydrogens is 586 g/mol. The first-order valence-electron chi connectivity index (χ1n) is 8.13. The molecule has 0 atom stereocenters. The molecule has 144 valence electrons. The van der Waals surface area contributed by atoms with E-state index in [1.165, 1.54) is 19.3 Å². The maximum atomic E-state index is 12.6. The number of para-hydroxylation sites is 1. The first-order valence-corrected chi connectivity index (χ1v) is 10.3. The molecule has 0 heterocycles. The summed E-state index contributed by atoms with van der Waals surface area (Å²) in [5, 5.41) is 12.0. The molecular formula is C20H16I2N2O4. The number of hydrogen-bond acceptors (Lipinski definition) is 5. The van der Waals surface area contributed by atoms with Gasteiger partial charge in [-0.2, -0.15) is 5.26 Å². The number of nitrogens with one attached hydrogen (secondary N) is 1. The summed E-state index contributed by atoms with van der Waals surface area (Å²) in [6.45, 7) is 2.46. The van der Waals surface area contributed by atoms with Gasteiger partial charge in [0.25, 0.3) is 5.91 Å². The smallest absolute Gasteiger partial charge is 0.339 e. The van der Waals surface area contributed by atoms with E-state index in [0.717, 1.165) is 12.9 Å². The highest BCUT2D eigenvalue weighted by molar-refractivity contribution is 14.1. The Morgan fingerprint density at radius 3 is 2.43 bits per heavy atom. The minimum absolute atomic E-state index is 0.0876. The third-order valence-electron chi connectivity index (χ3n) is 3.57. The van der Waals surface area contributed by atoms with Gasteiger partial charge in [0.2, 0.25) is 0 Å².